The fourth-order valence-electron chi connectivity index (χ4n) is 5.43. The van der Waals surface area contributed by atoms with Crippen molar-refractivity contribution < 1.29 is 28.6 Å². The van der Waals surface area contributed by atoms with E-state index in [2.05, 4.69) is 10.6 Å². The standard InChI is InChI=1S/C24H24N2O6/c1-30-15-6-7-18(31-2)17(11-15)26-22(27)12-4-3-5-14(8-12)25-23(28)20-13-9-16-19(10-13)32-24(29)21(16)20/h3-8,11,13,16,19-21H,9-10H2,1-2H3,(H,25,28)(H,26,27)/t13-,16-,19+,20+,21-/m1/s1. The van der Waals surface area contributed by atoms with Gasteiger partial charge in [-0.05, 0) is 49.1 Å². The summed E-state index contributed by atoms with van der Waals surface area (Å²) in [4.78, 5) is 38.1. The number of benzene rings is 2. The quantitative estimate of drug-likeness (QED) is 0.675. The van der Waals surface area contributed by atoms with Gasteiger partial charge in [0.2, 0.25) is 5.91 Å². The third-order valence-electron chi connectivity index (χ3n) is 6.83. The van der Waals surface area contributed by atoms with Crippen LogP contribution in [0.15, 0.2) is 42.5 Å². The monoisotopic (exact) mass is 436 g/mol. The molecule has 5 atom stereocenters. The Morgan fingerprint density at radius 2 is 1.88 bits per heavy atom. The molecule has 2 N–H and O–H groups in total. The molecule has 0 unspecified atom stereocenters. The van der Waals surface area contributed by atoms with Crippen molar-refractivity contribution in [2.75, 3.05) is 24.9 Å². The summed E-state index contributed by atoms with van der Waals surface area (Å²) in [6, 6.07) is 11.8. The first-order valence-corrected chi connectivity index (χ1v) is 10.6. The number of carbonyl (C=O) groups is 3. The van der Waals surface area contributed by atoms with Gasteiger partial charge in [0.1, 0.15) is 17.6 Å². The molecule has 32 heavy (non-hydrogen) atoms. The number of hydrogen-bond donors (Lipinski definition) is 2. The molecule has 2 aliphatic carbocycles. The van der Waals surface area contributed by atoms with Gasteiger partial charge >= 0.3 is 5.97 Å². The van der Waals surface area contributed by atoms with Crippen LogP contribution in [-0.2, 0) is 14.3 Å². The summed E-state index contributed by atoms with van der Waals surface area (Å²) >= 11 is 0. The molecule has 2 aromatic carbocycles. The molecule has 1 aliphatic heterocycles. The molecule has 0 aromatic heterocycles. The number of nitrogens with one attached hydrogen (secondary N) is 2. The Morgan fingerprint density at radius 3 is 2.66 bits per heavy atom. The van der Waals surface area contributed by atoms with Crippen LogP contribution in [0.3, 0.4) is 0 Å². The lowest BCUT2D eigenvalue weighted by Gasteiger charge is -2.23. The second kappa shape index (κ2) is 7.85. The smallest absolute Gasteiger partial charge is 0.310 e. The number of carbonyl (C=O) groups excluding carboxylic acids is 3. The van der Waals surface area contributed by atoms with Gasteiger partial charge in [0.25, 0.3) is 5.91 Å². The summed E-state index contributed by atoms with van der Waals surface area (Å²) in [7, 11) is 3.06. The molecule has 1 saturated heterocycles. The largest absolute Gasteiger partial charge is 0.497 e. The van der Waals surface area contributed by atoms with Crippen LogP contribution >= 0.6 is 0 Å². The fraction of sp³-hybridized carbons (Fsp3) is 0.375. The van der Waals surface area contributed by atoms with Crippen molar-refractivity contribution in [2.45, 2.75) is 18.9 Å². The minimum atomic E-state index is -0.371. The molecule has 2 bridgehead atoms. The van der Waals surface area contributed by atoms with Gasteiger partial charge in [-0.25, -0.2) is 0 Å². The molecule has 8 heteroatoms. The van der Waals surface area contributed by atoms with Crippen molar-refractivity contribution in [1.29, 1.82) is 0 Å². The lowest BCUT2D eigenvalue weighted by molar-refractivity contribution is -0.145. The Bertz CT molecular complexity index is 1100. The molecule has 2 amide bonds. The second-order valence-electron chi connectivity index (χ2n) is 8.51. The summed E-state index contributed by atoms with van der Waals surface area (Å²) in [6.45, 7) is 0. The van der Waals surface area contributed by atoms with Gasteiger partial charge in [0.05, 0.1) is 31.7 Å². The first kappa shape index (κ1) is 20.4. The summed E-state index contributed by atoms with van der Waals surface area (Å²) in [5, 5.41) is 5.72. The topological polar surface area (TPSA) is 103 Å². The molecule has 2 saturated carbocycles. The SMILES string of the molecule is COc1ccc(OC)c(NC(=O)c2cccc(NC(=O)[C@H]3[C@@H]4C[C@H]5[C@H]3C(=O)O[C@H]5C4)c2)c1. The maximum Gasteiger partial charge on any atom is 0.310 e. The van der Waals surface area contributed by atoms with E-state index in [9.17, 15) is 14.4 Å². The molecule has 2 aromatic rings. The van der Waals surface area contributed by atoms with Gasteiger partial charge in [-0.3, -0.25) is 14.4 Å². The zero-order valence-electron chi connectivity index (χ0n) is 17.8. The highest BCUT2D eigenvalue weighted by Gasteiger charge is 2.63. The van der Waals surface area contributed by atoms with E-state index in [1.807, 2.05) is 0 Å². The van der Waals surface area contributed by atoms with Gasteiger partial charge in [-0.15, -0.1) is 0 Å². The number of anilines is 2. The highest BCUT2D eigenvalue weighted by Crippen LogP contribution is 2.57. The first-order chi connectivity index (χ1) is 15.5. The van der Waals surface area contributed by atoms with Crippen LogP contribution in [0.2, 0.25) is 0 Å². The van der Waals surface area contributed by atoms with E-state index in [1.54, 1.807) is 49.6 Å². The van der Waals surface area contributed by atoms with Crippen LogP contribution in [0.4, 0.5) is 11.4 Å². The van der Waals surface area contributed by atoms with E-state index in [4.69, 9.17) is 14.2 Å². The van der Waals surface area contributed by atoms with Crippen molar-refractivity contribution in [3.05, 3.63) is 48.0 Å². The normalized spacial score (nSPS) is 27.1. The van der Waals surface area contributed by atoms with E-state index >= 15 is 0 Å². The van der Waals surface area contributed by atoms with E-state index < -0.39 is 0 Å². The number of hydrogen-bond acceptors (Lipinski definition) is 6. The summed E-state index contributed by atoms with van der Waals surface area (Å²) in [5.41, 5.74) is 1.36. The lowest BCUT2D eigenvalue weighted by Crippen LogP contribution is -2.35. The number of amides is 2. The van der Waals surface area contributed by atoms with E-state index in [-0.39, 0.29) is 47.6 Å². The zero-order chi connectivity index (χ0) is 22.4. The average Bonchev–Trinajstić information content (AvgIpc) is 3.42. The Labute approximate surface area is 185 Å². The number of ether oxygens (including phenoxy) is 3. The highest BCUT2D eigenvalue weighted by molar-refractivity contribution is 6.06. The summed E-state index contributed by atoms with van der Waals surface area (Å²) in [6.07, 6.45) is 1.61. The second-order valence-corrected chi connectivity index (χ2v) is 8.51. The number of fused-ring (bicyclic) bond motifs is 1. The van der Waals surface area contributed by atoms with Crippen molar-refractivity contribution in [3.8, 4) is 11.5 Å². The van der Waals surface area contributed by atoms with E-state index in [0.29, 0.717) is 28.4 Å². The first-order valence-electron chi connectivity index (χ1n) is 10.6. The minimum absolute atomic E-state index is 0.0119. The van der Waals surface area contributed by atoms with Crippen LogP contribution < -0.4 is 20.1 Å². The molecule has 0 radical (unpaired) electrons. The highest BCUT2D eigenvalue weighted by atomic mass is 16.6. The van der Waals surface area contributed by atoms with E-state index in [1.165, 1.54) is 7.11 Å². The van der Waals surface area contributed by atoms with Crippen LogP contribution in [0.5, 0.6) is 11.5 Å². The molecule has 5 rings (SSSR count). The molecule has 1 heterocycles. The van der Waals surface area contributed by atoms with Gasteiger partial charge in [0.15, 0.2) is 0 Å². The van der Waals surface area contributed by atoms with Gasteiger partial charge in [0, 0.05) is 23.2 Å². The van der Waals surface area contributed by atoms with Crippen LogP contribution in [0, 0.1) is 23.7 Å². The van der Waals surface area contributed by atoms with Gasteiger partial charge < -0.3 is 24.8 Å². The van der Waals surface area contributed by atoms with Crippen molar-refractivity contribution in [3.63, 3.8) is 0 Å². The number of rotatable bonds is 6. The summed E-state index contributed by atoms with van der Waals surface area (Å²) < 4.78 is 15.9. The Morgan fingerprint density at radius 1 is 1.03 bits per heavy atom. The maximum atomic E-state index is 13.0. The van der Waals surface area contributed by atoms with Gasteiger partial charge in [-0.1, -0.05) is 6.07 Å². The fourth-order valence-corrected chi connectivity index (χ4v) is 5.43. The molecular weight excluding hydrogens is 412 g/mol. The Hall–Kier alpha value is -3.55. The Kier molecular flexibility index (Phi) is 5.00. The average molecular weight is 436 g/mol. The third-order valence-corrected chi connectivity index (χ3v) is 6.83. The molecule has 166 valence electrons. The molecule has 0 spiro atoms. The zero-order valence-corrected chi connectivity index (χ0v) is 17.8. The van der Waals surface area contributed by atoms with Crippen LogP contribution in [-0.4, -0.2) is 38.1 Å². The van der Waals surface area contributed by atoms with Crippen molar-refractivity contribution >= 4 is 29.2 Å². The lowest BCUT2D eigenvalue weighted by atomic mass is 9.79. The molecule has 8 nitrogen and oxygen atoms in total. The Balaban J connectivity index is 1.30. The van der Waals surface area contributed by atoms with Crippen molar-refractivity contribution in [1.82, 2.24) is 0 Å². The van der Waals surface area contributed by atoms with Gasteiger partial charge in [-0.2, -0.15) is 0 Å². The summed E-state index contributed by atoms with van der Waals surface area (Å²) in [5.74, 6) is -0.0772. The third kappa shape index (κ3) is 3.36. The van der Waals surface area contributed by atoms with Crippen LogP contribution in [0.1, 0.15) is 23.2 Å². The van der Waals surface area contributed by atoms with Crippen molar-refractivity contribution in [2.24, 2.45) is 23.7 Å². The van der Waals surface area contributed by atoms with E-state index in [0.717, 1.165) is 12.8 Å². The molecular formula is C24H24N2O6. The number of methoxy groups -OCH3 is 2. The van der Waals surface area contributed by atoms with Crippen LogP contribution in [0.25, 0.3) is 0 Å². The number of esters is 1. The molecule has 3 aliphatic rings. The predicted molar refractivity (Wildman–Crippen MR) is 116 cm³/mol. The molecule has 3 fully saturated rings. The maximum absolute atomic E-state index is 13.0. The predicted octanol–water partition coefficient (Wildman–Crippen LogP) is 3.09. The minimum Gasteiger partial charge on any atom is -0.497 e.